The molecule has 1 aliphatic rings. The molecule has 1 amide bonds. The molecule has 1 saturated heterocycles. The summed E-state index contributed by atoms with van der Waals surface area (Å²) in [6, 6.07) is 2.21. The van der Waals surface area contributed by atoms with E-state index in [0.29, 0.717) is 24.4 Å². The molecule has 1 aromatic rings. The van der Waals surface area contributed by atoms with Gasteiger partial charge < -0.3 is 10.4 Å². The van der Waals surface area contributed by atoms with E-state index in [1.807, 2.05) is 0 Å². The van der Waals surface area contributed by atoms with Crippen LogP contribution in [0, 0.1) is 0 Å². The SMILES string of the molecule is CCC(NC(=O)Cc1ccc(S(=O)(=O)N2CCCCC2)s1)C(=O)O. The summed E-state index contributed by atoms with van der Waals surface area (Å²) < 4.78 is 26.8. The van der Waals surface area contributed by atoms with Gasteiger partial charge in [-0.2, -0.15) is 4.31 Å². The Hall–Kier alpha value is -1.45. The number of aliphatic carboxylic acids is 1. The van der Waals surface area contributed by atoms with E-state index in [0.717, 1.165) is 30.6 Å². The third kappa shape index (κ3) is 4.55. The van der Waals surface area contributed by atoms with Crippen molar-refractivity contribution in [1.29, 1.82) is 0 Å². The molecule has 1 aromatic heterocycles. The van der Waals surface area contributed by atoms with Crippen LogP contribution in [0.5, 0.6) is 0 Å². The maximum absolute atomic E-state index is 12.6. The molecule has 0 aliphatic carbocycles. The van der Waals surface area contributed by atoms with E-state index >= 15 is 0 Å². The fraction of sp³-hybridized carbons (Fsp3) is 0.600. The number of carbonyl (C=O) groups is 2. The van der Waals surface area contributed by atoms with Crippen LogP contribution >= 0.6 is 11.3 Å². The number of nitrogens with zero attached hydrogens (tertiary/aromatic N) is 1. The van der Waals surface area contributed by atoms with Gasteiger partial charge in [-0.3, -0.25) is 4.79 Å². The molecular formula is C15H22N2O5S2. The van der Waals surface area contributed by atoms with Gasteiger partial charge in [0.05, 0.1) is 6.42 Å². The van der Waals surface area contributed by atoms with Crippen LogP contribution in [0.4, 0.5) is 0 Å². The van der Waals surface area contributed by atoms with Crippen LogP contribution in [0.2, 0.25) is 0 Å². The molecule has 0 bridgehead atoms. The van der Waals surface area contributed by atoms with Crippen molar-refractivity contribution in [2.24, 2.45) is 0 Å². The van der Waals surface area contributed by atoms with Gasteiger partial charge >= 0.3 is 5.97 Å². The molecule has 0 radical (unpaired) electrons. The van der Waals surface area contributed by atoms with Crippen molar-refractivity contribution in [1.82, 2.24) is 9.62 Å². The number of hydrogen-bond acceptors (Lipinski definition) is 5. The highest BCUT2D eigenvalue weighted by molar-refractivity contribution is 7.91. The summed E-state index contributed by atoms with van der Waals surface area (Å²) in [5.41, 5.74) is 0. The molecule has 1 fully saturated rings. The van der Waals surface area contributed by atoms with E-state index in [-0.39, 0.29) is 10.6 Å². The number of amides is 1. The van der Waals surface area contributed by atoms with Crippen molar-refractivity contribution in [2.45, 2.75) is 49.3 Å². The summed E-state index contributed by atoms with van der Waals surface area (Å²) in [4.78, 5) is 23.5. The molecule has 0 aromatic carbocycles. The zero-order valence-electron chi connectivity index (χ0n) is 13.5. The standard InChI is InChI=1S/C15H22N2O5S2/c1-2-12(15(19)20)16-13(18)10-11-6-7-14(23-11)24(21,22)17-8-4-3-5-9-17/h6-7,12H,2-5,8-10H2,1H3,(H,16,18)(H,19,20). The Balaban J connectivity index is 2.02. The molecule has 134 valence electrons. The predicted octanol–water partition coefficient (Wildman–Crippen LogP) is 1.44. The Labute approximate surface area is 145 Å². The van der Waals surface area contributed by atoms with Crippen LogP contribution in [0.15, 0.2) is 16.3 Å². The first-order chi connectivity index (χ1) is 11.3. The highest BCUT2D eigenvalue weighted by Gasteiger charge is 2.27. The van der Waals surface area contributed by atoms with Crippen molar-refractivity contribution in [3.05, 3.63) is 17.0 Å². The summed E-state index contributed by atoms with van der Waals surface area (Å²) in [6.45, 7) is 2.74. The first kappa shape index (κ1) is 18.9. The Morgan fingerprint density at radius 2 is 1.96 bits per heavy atom. The first-order valence-electron chi connectivity index (χ1n) is 7.95. The molecule has 2 rings (SSSR count). The number of thiophene rings is 1. The van der Waals surface area contributed by atoms with Gasteiger partial charge in [-0.05, 0) is 31.4 Å². The molecule has 7 nitrogen and oxygen atoms in total. The summed E-state index contributed by atoms with van der Waals surface area (Å²) in [6.07, 6.45) is 3.05. The molecule has 2 N–H and O–H groups in total. The highest BCUT2D eigenvalue weighted by atomic mass is 32.2. The van der Waals surface area contributed by atoms with Gasteiger partial charge in [0.15, 0.2) is 0 Å². The van der Waals surface area contributed by atoms with E-state index in [4.69, 9.17) is 5.11 Å². The number of hydrogen-bond donors (Lipinski definition) is 2. The van der Waals surface area contributed by atoms with E-state index in [1.54, 1.807) is 13.0 Å². The van der Waals surface area contributed by atoms with Gasteiger partial charge in [0.25, 0.3) is 10.0 Å². The van der Waals surface area contributed by atoms with E-state index in [9.17, 15) is 18.0 Å². The lowest BCUT2D eigenvalue weighted by Crippen LogP contribution is -2.40. The number of carboxylic acids is 1. The minimum atomic E-state index is -3.49. The topological polar surface area (TPSA) is 104 Å². The summed E-state index contributed by atoms with van der Waals surface area (Å²) in [5.74, 6) is -1.50. The molecule has 1 unspecified atom stereocenters. The van der Waals surface area contributed by atoms with Gasteiger partial charge in [-0.25, -0.2) is 13.2 Å². The maximum atomic E-state index is 12.6. The van der Waals surface area contributed by atoms with Gasteiger partial charge in [-0.15, -0.1) is 11.3 Å². The average molecular weight is 374 g/mol. The smallest absolute Gasteiger partial charge is 0.326 e. The minimum absolute atomic E-state index is 0.0238. The second-order valence-electron chi connectivity index (χ2n) is 5.73. The van der Waals surface area contributed by atoms with E-state index < -0.39 is 27.9 Å². The van der Waals surface area contributed by atoms with Gasteiger partial charge in [0, 0.05) is 18.0 Å². The lowest BCUT2D eigenvalue weighted by Gasteiger charge is -2.25. The van der Waals surface area contributed by atoms with Crippen molar-refractivity contribution in [3.8, 4) is 0 Å². The number of rotatable bonds is 7. The van der Waals surface area contributed by atoms with Gasteiger partial charge in [0.2, 0.25) is 5.91 Å². The average Bonchev–Trinajstić information content (AvgIpc) is 3.02. The predicted molar refractivity (Wildman–Crippen MR) is 90.5 cm³/mol. The maximum Gasteiger partial charge on any atom is 0.326 e. The fourth-order valence-electron chi connectivity index (χ4n) is 2.57. The lowest BCUT2D eigenvalue weighted by molar-refractivity contribution is -0.141. The number of nitrogens with one attached hydrogen (secondary N) is 1. The Kier molecular flexibility index (Phi) is 6.36. The van der Waals surface area contributed by atoms with Crippen LogP contribution in [-0.4, -0.2) is 48.8 Å². The van der Waals surface area contributed by atoms with Crippen LogP contribution in [-0.2, 0) is 26.0 Å². The van der Waals surface area contributed by atoms with Crippen LogP contribution < -0.4 is 5.32 Å². The molecule has 0 saturated carbocycles. The minimum Gasteiger partial charge on any atom is -0.480 e. The second kappa shape index (κ2) is 8.09. The molecule has 1 atom stereocenters. The van der Waals surface area contributed by atoms with Crippen molar-refractivity contribution in [2.75, 3.05) is 13.1 Å². The van der Waals surface area contributed by atoms with E-state index in [1.165, 1.54) is 10.4 Å². The van der Waals surface area contributed by atoms with Gasteiger partial charge in [0.1, 0.15) is 10.3 Å². The lowest BCUT2D eigenvalue weighted by atomic mass is 10.2. The van der Waals surface area contributed by atoms with Crippen LogP contribution in [0.3, 0.4) is 0 Å². The Bertz CT molecular complexity index is 692. The first-order valence-corrected chi connectivity index (χ1v) is 10.2. The number of carboxylic acid groups (broad SMARTS) is 1. The molecule has 0 spiro atoms. The highest BCUT2D eigenvalue weighted by Crippen LogP contribution is 2.27. The van der Waals surface area contributed by atoms with Crippen molar-refractivity contribution < 1.29 is 23.1 Å². The fourth-order valence-corrected chi connectivity index (χ4v) is 5.59. The van der Waals surface area contributed by atoms with Gasteiger partial charge in [-0.1, -0.05) is 13.3 Å². The third-order valence-electron chi connectivity index (χ3n) is 3.92. The number of carbonyl (C=O) groups excluding carboxylic acids is 1. The molecule has 1 aliphatic heterocycles. The van der Waals surface area contributed by atoms with Crippen LogP contribution in [0.1, 0.15) is 37.5 Å². The summed E-state index contributed by atoms with van der Waals surface area (Å²) >= 11 is 1.07. The normalized spacial score (nSPS) is 17.4. The molecule has 9 heteroatoms. The zero-order valence-corrected chi connectivity index (χ0v) is 15.2. The van der Waals surface area contributed by atoms with Crippen molar-refractivity contribution in [3.63, 3.8) is 0 Å². The summed E-state index contributed by atoms with van der Waals surface area (Å²) in [5, 5.41) is 11.4. The molecule has 24 heavy (non-hydrogen) atoms. The molecular weight excluding hydrogens is 352 g/mol. The summed E-state index contributed by atoms with van der Waals surface area (Å²) in [7, 11) is -3.49. The van der Waals surface area contributed by atoms with Crippen molar-refractivity contribution >= 4 is 33.2 Å². The Morgan fingerprint density at radius 3 is 2.54 bits per heavy atom. The third-order valence-corrected chi connectivity index (χ3v) is 7.37. The largest absolute Gasteiger partial charge is 0.480 e. The second-order valence-corrected chi connectivity index (χ2v) is 9.06. The quantitative estimate of drug-likeness (QED) is 0.752. The Morgan fingerprint density at radius 1 is 1.29 bits per heavy atom. The van der Waals surface area contributed by atoms with E-state index in [2.05, 4.69) is 5.32 Å². The van der Waals surface area contributed by atoms with Crippen LogP contribution in [0.25, 0.3) is 0 Å². The zero-order chi connectivity index (χ0) is 17.7. The monoisotopic (exact) mass is 374 g/mol. The number of piperidine rings is 1. The number of sulfonamides is 1. The molecule has 2 heterocycles.